The van der Waals surface area contributed by atoms with Gasteiger partial charge in [-0.3, -0.25) is 0 Å². The summed E-state index contributed by atoms with van der Waals surface area (Å²) >= 11 is 5.70. The SMILES string of the molecule is COCCN(C)c1cccc(CCl)n1. The number of hydrogen-bond acceptors (Lipinski definition) is 3. The fourth-order valence-electron chi connectivity index (χ4n) is 1.10. The summed E-state index contributed by atoms with van der Waals surface area (Å²) < 4.78 is 5.00. The zero-order chi connectivity index (χ0) is 10.4. The van der Waals surface area contributed by atoms with Crippen molar-refractivity contribution < 1.29 is 4.74 Å². The van der Waals surface area contributed by atoms with E-state index >= 15 is 0 Å². The molecule has 0 radical (unpaired) electrons. The Morgan fingerprint density at radius 2 is 2.29 bits per heavy atom. The number of halogens is 1. The van der Waals surface area contributed by atoms with E-state index in [4.69, 9.17) is 16.3 Å². The quantitative estimate of drug-likeness (QED) is 0.701. The van der Waals surface area contributed by atoms with Gasteiger partial charge in [0.1, 0.15) is 5.82 Å². The molecule has 1 rings (SSSR count). The molecule has 0 saturated carbocycles. The number of pyridine rings is 1. The Balaban J connectivity index is 2.64. The van der Waals surface area contributed by atoms with Gasteiger partial charge in [-0.15, -0.1) is 11.6 Å². The van der Waals surface area contributed by atoms with Crippen LogP contribution in [0.15, 0.2) is 18.2 Å². The molecule has 0 aliphatic rings. The number of aromatic nitrogens is 1. The van der Waals surface area contributed by atoms with E-state index in [1.165, 1.54) is 0 Å². The maximum atomic E-state index is 5.70. The number of methoxy groups -OCH3 is 1. The maximum absolute atomic E-state index is 5.70. The summed E-state index contributed by atoms with van der Waals surface area (Å²) in [6, 6.07) is 5.84. The third kappa shape index (κ3) is 3.16. The van der Waals surface area contributed by atoms with E-state index in [0.29, 0.717) is 12.5 Å². The van der Waals surface area contributed by atoms with Crippen molar-refractivity contribution in [3.05, 3.63) is 23.9 Å². The molecule has 0 fully saturated rings. The van der Waals surface area contributed by atoms with E-state index in [0.717, 1.165) is 18.1 Å². The van der Waals surface area contributed by atoms with Crippen molar-refractivity contribution in [2.75, 3.05) is 32.2 Å². The van der Waals surface area contributed by atoms with Crippen molar-refractivity contribution in [2.45, 2.75) is 5.88 Å². The van der Waals surface area contributed by atoms with Gasteiger partial charge < -0.3 is 9.64 Å². The highest BCUT2D eigenvalue weighted by atomic mass is 35.5. The van der Waals surface area contributed by atoms with Crippen LogP contribution in [-0.4, -0.2) is 32.3 Å². The highest BCUT2D eigenvalue weighted by Crippen LogP contribution is 2.10. The summed E-state index contributed by atoms with van der Waals surface area (Å²) in [6.07, 6.45) is 0. The van der Waals surface area contributed by atoms with E-state index in [2.05, 4.69) is 4.98 Å². The predicted octanol–water partition coefficient (Wildman–Crippen LogP) is 1.90. The summed E-state index contributed by atoms with van der Waals surface area (Å²) in [7, 11) is 3.68. The molecule has 0 atom stereocenters. The van der Waals surface area contributed by atoms with Crippen molar-refractivity contribution in [3.8, 4) is 0 Å². The van der Waals surface area contributed by atoms with Crippen LogP contribution in [-0.2, 0) is 10.6 Å². The molecule has 0 bridgehead atoms. The number of rotatable bonds is 5. The molecule has 0 aliphatic carbocycles. The van der Waals surface area contributed by atoms with Crippen LogP contribution in [0.1, 0.15) is 5.69 Å². The van der Waals surface area contributed by atoms with E-state index in [-0.39, 0.29) is 0 Å². The largest absolute Gasteiger partial charge is 0.383 e. The Labute approximate surface area is 89.7 Å². The number of alkyl halides is 1. The van der Waals surface area contributed by atoms with Crippen LogP contribution >= 0.6 is 11.6 Å². The minimum absolute atomic E-state index is 0.450. The number of nitrogens with zero attached hydrogens (tertiary/aromatic N) is 2. The van der Waals surface area contributed by atoms with Gasteiger partial charge in [-0.05, 0) is 12.1 Å². The minimum atomic E-state index is 0.450. The molecule has 1 aromatic heterocycles. The first kappa shape index (κ1) is 11.3. The molecule has 78 valence electrons. The number of anilines is 1. The minimum Gasteiger partial charge on any atom is -0.383 e. The molecule has 0 saturated heterocycles. The smallest absolute Gasteiger partial charge is 0.128 e. The van der Waals surface area contributed by atoms with E-state index in [9.17, 15) is 0 Å². The average Bonchev–Trinajstić information content (AvgIpc) is 2.26. The first-order valence-electron chi connectivity index (χ1n) is 4.50. The number of likely N-dealkylation sites (N-methyl/N-ethyl adjacent to an activating group) is 1. The van der Waals surface area contributed by atoms with Crippen molar-refractivity contribution in [3.63, 3.8) is 0 Å². The van der Waals surface area contributed by atoms with Gasteiger partial charge in [0.2, 0.25) is 0 Å². The van der Waals surface area contributed by atoms with Gasteiger partial charge in [0.05, 0.1) is 18.2 Å². The molecule has 0 aromatic carbocycles. The van der Waals surface area contributed by atoms with Gasteiger partial charge in [0.25, 0.3) is 0 Å². The molecule has 0 N–H and O–H groups in total. The second kappa shape index (κ2) is 5.83. The van der Waals surface area contributed by atoms with Crippen molar-refractivity contribution in [1.29, 1.82) is 0 Å². The molecule has 0 aliphatic heterocycles. The summed E-state index contributed by atoms with van der Waals surface area (Å²) in [4.78, 5) is 6.42. The fraction of sp³-hybridized carbons (Fsp3) is 0.500. The Morgan fingerprint density at radius 1 is 1.50 bits per heavy atom. The van der Waals surface area contributed by atoms with Gasteiger partial charge in [-0.1, -0.05) is 6.07 Å². The lowest BCUT2D eigenvalue weighted by molar-refractivity contribution is 0.206. The maximum Gasteiger partial charge on any atom is 0.128 e. The molecule has 4 heteroatoms. The van der Waals surface area contributed by atoms with E-state index < -0.39 is 0 Å². The molecule has 1 aromatic rings. The zero-order valence-electron chi connectivity index (χ0n) is 8.53. The number of ether oxygens (including phenoxy) is 1. The molecule has 1 heterocycles. The van der Waals surface area contributed by atoms with Crippen LogP contribution in [0, 0.1) is 0 Å². The van der Waals surface area contributed by atoms with E-state index in [1.54, 1.807) is 7.11 Å². The molecule has 0 spiro atoms. The second-order valence-corrected chi connectivity index (χ2v) is 3.30. The van der Waals surface area contributed by atoms with Crippen LogP contribution in [0.2, 0.25) is 0 Å². The summed E-state index contributed by atoms with van der Waals surface area (Å²) in [5.41, 5.74) is 0.897. The van der Waals surface area contributed by atoms with Crippen LogP contribution in [0.5, 0.6) is 0 Å². The molecule has 0 unspecified atom stereocenters. The lowest BCUT2D eigenvalue weighted by Gasteiger charge is -2.17. The first-order valence-corrected chi connectivity index (χ1v) is 5.03. The third-order valence-electron chi connectivity index (χ3n) is 1.95. The second-order valence-electron chi connectivity index (χ2n) is 3.04. The standard InChI is InChI=1S/C10H15ClN2O/c1-13(6-7-14-2)10-5-3-4-9(8-11)12-10/h3-5H,6-8H2,1-2H3. The molecular formula is C10H15ClN2O. The first-order chi connectivity index (χ1) is 6.77. The Kier molecular flexibility index (Phi) is 4.70. The molecule has 0 amide bonds. The third-order valence-corrected chi connectivity index (χ3v) is 2.22. The van der Waals surface area contributed by atoms with Crippen molar-refractivity contribution in [2.24, 2.45) is 0 Å². The summed E-state index contributed by atoms with van der Waals surface area (Å²) in [6.45, 7) is 1.53. The van der Waals surface area contributed by atoms with E-state index in [1.807, 2.05) is 30.1 Å². The summed E-state index contributed by atoms with van der Waals surface area (Å²) in [5, 5.41) is 0. The lowest BCUT2D eigenvalue weighted by atomic mass is 10.3. The average molecular weight is 215 g/mol. The normalized spacial score (nSPS) is 10.2. The number of hydrogen-bond donors (Lipinski definition) is 0. The van der Waals surface area contributed by atoms with Gasteiger partial charge in [0.15, 0.2) is 0 Å². The predicted molar refractivity (Wildman–Crippen MR) is 58.9 cm³/mol. The van der Waals surface area contributed by atoms with Gasteiger partial charge in [0, 0.05) is 20.7 Å². The van der Waals surface area contributed by atoms with Gasteiger partial charge >= 0.3 is 0 Å². The zero-order valence-corrected chi connectivity index (χ0v) is 9.29. The van der Waals surface area contributed by atoms with Crippen molar-refractivity contribution >= 4 is 17.4 Å². The van der Waals surface area contributed by atoms with Crippen molar-refractivity contribution in [1.82, 2.24) is 4.98 Å². The topological polar surface area (TPSA) is 25.4 Å². The molecule has 3 nitrogen and oxygen atoms in total. The highest BCUT2D eigenvalue weighted by Gasteiger charge is 2.02. The molecular weight excluding hydrogens is 200 g/mol. The van der Waals surface area contributed by atoms with Crippen LogP contribution in [0.4, 0.5) is 5.82 Å². The lowest BCUT2D eigenvalue weighted by Crippen LogP contribution is -2.23. The Hall–Kier alpha value is -0.800. The van der Waals surface area contributed by atoms with Crippen LogP contribution in [0.25, 0.3) is 0 Å². The summed E-state index contributed by atoms with van der Waals surface area (Å²) in [5.74, 6) is 1.38. The van der Waals surface area contributed by atoms with Crippen LogP contribution in [0.3, 0.4) is 0 Å². The fourth-order valence-corrected chi connectivity index (χ4v) is 1.25. The monoisotopic (exact) mass is 214 g/mol. The highest BCUT2D eigenvalue weighted by molar-refractivity contribution is 6.16. The van der Waals surface area contributed by atoms with Gasteiger partial charge in [-0.25, -0.2) is 4.98 Å². The Morgan fingerprint density at radius 3 is 2.93 bits per heavy atom. The Bertz CT molecular complexity index is 281. The molecule has 14 heavy (non-hydrogen) atoms. The van der Waals surface area contributed by atoms with Crippen LogP contribution < -0.4 is 4.90 Å². The van der Waals surface area contributed by atoms with Gasteiger partial charge in [-0.2, -0.15) is 0 Å².